The summed E-state index contributed by atoms with van der Waals surface area (Å²) in [6, 6.07) is 0. The van der Waals surface area contributed by atoms with Gasteiger partial charge in [0.25, 0.3) is 0 Å². The highest BCUT2D eigenvalue weighted by molar-refractivity contribution is 5.79. The summed E-state index contributed by atoms with van der Waals surface area (Å²) in [5.74, 6) is 0.797. The van der Waals surface area contributed by atoms with Crippen molar-refractivity contribution in [3.8, 4) is 0 Å². The lowest BCUT2D eigenvalue weighted by atomic mass is 9.80. The minimum absolute atomic E-state index is 0.172. The summed E-state index contributed by atoms with van der Waals surface area (Å²) in [6.07, 6.45) is 1.71. The number of hydrogen-bond donors (Lipinski definition) is 2. The number of likely N-dealkylation sites (tertiary alicyclic amines) is 1. The fourth-order valence-electron chi connectivity index (χ4n) is 2.31. The van der Waals surface area contributed by atoms with Crippen LogP contribution in [0.5, 0.6) is 0 Å². The summed E-state index contributed by atoms with van der Waals surface area (Å²) in [7, 11) is 3.61. The predicted molar refractivity (Wildman–Crippen MR) is 85.6 cm³/mol. The van der Waals surface area contributed by atoms with Crippen molar-refractivity contribution in [2.75, 3.05) is 33.7 Å². The summed E-state index contributed by atoms with van der Waals surface area (Å²) in [4.78, 5) is 18.0. The number of guanidine groups is 1. The van der Waals surface area contributed by atoms with Crippen LogP contribution in [0, 0.1) is 5.41 Å². The Balaban J connectivity index is 2.45. The van der Waals surface area contributed by atoms with Gasteiger partial charge in [-0.05, 0) is 39.0 Å². The van der Waals surface area contributed by atoms with E-state index in [0.717, 1.165) is 38.4 Å². The highest BCUT2D eigenvalue weighted by atomic mass is 16.6. The second-order valence-corrected chi connectivity index (χ2v) is 6.95. The molecule has 21 heavy (non-hydrogen) atoms. The Labute approximate surface area is 128 Å². The van der Waals surface area contributed by atoms with E-state index in [9.17, 15) is 4.79 Å². The third kappa shape index (κ3) is 5.81. The molecule has 0 aromatic carbocycles. The highest BCUT2D eigenvalue weighted by Crippen LogP contribution is 2.30. The van der Waals surface area contributed by atoms with E-state index in [1.807, 2.05) is 27.8 Å². The lowest BCUT2D eigenvalue weighted by Gasteiger charge is -2.40. The zero-order valence-electron chi connectivity index (χ0n) is 14.2. The van der Waals surface area contributed by atoms with E-state index in [1.54, 1.807) is 11.9 Å². The molecule has 0 aliphatic carbocycles. The van der Waals surface area contributed by atoms with Gasteiger partial charge in [-0.1, -0.05) is 6.92 Å². The van der Waals surface area contributed by atoms with Crippen LogP contribution in [-0.2, 0) is 4.74 Å². The normalized spacial score (nSPS) is 19.1. The van der Waals surface area contributed by atoms with Crippen molar-refractivity contribution in [3.05, 3.63) is 0 Å². The SMILES string of the molecule is CN=C(NC)NCC1(C)CCN(C(=O)OC(C)(C)C)CC1. The Morgan fingerprint density at radius 2 is 1.90 bits per heavy atom. The first-order chi connectivity index (χ1) is 9.69. The third-order valence-corrected chi connectivity index (χ3v) is 3.77. The molecule has 0 unspecified atom stereocenters. The Morgan fingerprint density at radius 1 is 1.33 bits per heavy atom. The second-order valence-electron chi connectivity index (χ2n) is 6.95. The van der Waals surface area contributed by atoms with Crippen LogP contribution >= 0.6 is 0 Å². The number of piperidine rings is 1. The largest absolute Gasteiger partial charge is 0.444 e. The Morgan fingerprint density at radius 3 is 2.33 bits per heavy atom. The highest BCUT2D eigenvalue weighted by Gasteiger charge is 2.33. The van der Waals surface area contributed by atoms with E-state index in [2.05, 4.69) is 22.5 Å². The number of hydrogen-bond acceptors (Lipinski definition) is 3. The van der Waals surface area contributed by atoms with Crippen molar-refractivity contribution in [2.45, 2.75) is 46.1 Å². The number of ether oxygens (including phenoxy) is 1. The molecule has 0 spiro atoms. The molecule has 1 amide bonds. The first-order valence-electron chi connectivity index (χ1n) is 7.55. The van der Waals surface area contributed by atoms with Crippen LogP contribution < -0.4 is 10.6 Å². The van der Waals surface area contributed by atoms with Gasteiger partial charge in [0.05, 0.1) is 0 Å². The van der Waals surface area contributed by atoms with Crippen LogP contribution in [0.1, 0.15) is 40.5 Å². The Bertz CT molecular complexity index is 380. The minimum Gasteiger partial charge on any atom is -0.444 e. The molecule has 0 bridgehead atoms. The van der Waals surface area contributed by atoms with Gasteiger partial charge in [0.2, 0.25) is 0 Å². The molecule has 0 aromatic heterocycles. The van der Waals surface area contributed by atoms with Crippen molar-refractivity contribution in [3.63, 3.8) is 0 Å². The summed E-state index contributed by atoms with van der Waals surface area (Å²) < 4.78 is 5.42. The van der Waals surface area contributed by atoms with E-state index < -0.39 is 5.60 Å². The quantitative estimate of drug-likeness (QED) is 0.603. The molecule has 0 saturated carbocycles. The lowest BCUT2D eigenvalue weighted by molar-refractivity contribution is 0.0123. The molecule has 6 nitrogen and oxygen atoms in total. The van der Waals surface area contributed by atoms with Crippen molar-refractivity contribution in [1.82, 2.24) is 15.5 Å². The molecular weight excluding hydrogens is 268 g/mol. The van der Waals surface area contributed by atoms with E-state index >= 15 is 0 Å². The van der Waals surface area contributed by atoms with Gasteiger partial charge in [-0.2, -0.15) is 0 Å². The maximum atomic E-state index is 12.0. The van der Waals surface area contributed by atoms with Gasteiger partial charge in [-0.3, -0.25) is 4.99 Å². The van der Waals surface area contributed by atoms with Gasteiger partial charge >= 0.3 is 6.09 Å². The lowest BCUT2D eigenvalue weighted by Crippen LogP contribution is -2.49. The van der Waals surface area contributed by atoms with E-state index in [1.165, 1.54) is 0 Å². The molecule has 1 aliphatic rings. The molecule has 1 fully saturated rings. The van der Waals surface area contributed by atoms with E-state index in [-0.39, 0.29) is 11.5 Å². The van der Waals surface area contributed by atoms with Crippen molar-refractivity contribution in [2.24, 2.45) is 10.4 Å². The number of nitrogens with zero attached hydrogens (tertiary/aromatic N) is 2. The fraction of sp³-hybridized carbons (Fsp3) is 0.867. The van der Waals surface area contributed by atoms with Crippen molar-refractivity contribution >= 4 is 12.1 Å². The zero-order valence-corrected chi connectivity index (χ0v) is 14.2. The first-order valence-corrected chi connectivity index (χ1v) is 7.55. The molecule has 1 saturated heterocycles. The van der Waals surface area contributed by atoms with Crippen LogP contribution in [0.15, 0.2) is 4.99 Å². The minimum atomic E-state index is -0.432. The predicted octanol–water partition coefficient (Wildman–Crippen LogP) is 1.82. The molecule has 0 atom stereocenters. The van der Waals surface area contributed by atoms with Gasteiger partial charge in [-0.25, -0.2) is 4.79 Å². The van der Waals surface area contributed by atoms with Crippen LogP contribution in [0.2, 0.25) is 0 Å². The molecule has 1 heterocycles. The smallest absolute Gasteiger partial charge is 0.410 e. The maximum absolute atomic E-state index is 12.0. The molecular formula is C15H30N4O2. The maximum Gasteiger partial charge on any atom is 0.410 e. The number of amides is 1. The van der Waals surface area contributed by atoms with Gasteiger partial charge in [0.1, 0.15) is 5.60 Å². The monoisotopic (exact) mass is 298 g/mol. The Hall–Kier alpha value is -1.46. The number of carbonyl (C=O) groups is 1. The first kappa shape index (κ1) is 17.6. The average molecular weight is 298 g/mol. The summed E-state index contributed by atoms with van der Waals surface area (Å²) >= 11 is 0. The molecule has 6 heteroatoms. The molecule has 2 N–H and O–H groups in total. The topological polar surface area (TPSA) is 66.0 Å². The second kappa shape index (κ2) is 7.00. The summed E-state index contributed by atoms with van der Waals surface area (Å²) in [6.45, 7) is 10.3. The molecule has 1 rings (SSSR count). The third-order valence-electron chi connectivity index (χ3n) is 3.77. The number of carbonyl (C=O) groups excluding carboxylic acids is 1. The van der Waals surface area contributed by atoms with Gasteiger partial charge in [0.15, 0.2) is 5.96 Å². The molecule has 0 radical (unpaired) electrons. The van der Waals surface area contributed by atoms with Crippen molar-refractivity contribution in [1.29, 1.82) is 0 Å². The van der Waals surface area contributed by atoms with Crippen molar-refractivity contribution < 1.29 is 9.53 Å². The number of rotatable bonds is 2. The Kier molecular flexibility index (Phi) is 5.87. The van der Waals surface area contributed by atoms with E-state index in [4.69, 9.17) is 4.74 Å². The molecule has 1 aliphatic heterocycles. The van der Waals surface area contributed by atoms with Crippen LogP contribution in [-0.4, -0.2) is 56.3 Å². The summed E-state index contributed by atoms with van der Waals surface area (Å²) in [5, 5.41) is 6.33. The average Bonchev–Trinajstić information content (AvgIpc) is 2.38. The van der Waals surface area contributed by atoms with Crippen LogP contribution in [0.25, 0.3) is 0 Å². The fourth-order valence-corrected chi connectivity index (χ4v) is 2.31. The number of nitrogens with one attached hydrogen (secondary N) is 2. The zero-order chi connectivity index (χ0) is 16.1. The van der Waals surface area contributed by atoms with E-state index in [0.29, 0.717) is 0 Å². The van der Waals surface area contributed by atoms with Gasteiger partial charge < -0.3 is 20.3 Å². The van der Waals surface area contributed by atoms with Gasteiger partial charge in [-0.15, -0.1) is 0 Å². The summed E-state index contributed by atoms with van der Waals surface area (Å²) in [5.41, 5.74) is -0.260. The van der Waals surface area contributed by atoms with Gasteiger partial charge in [0, 0.05) is 33.7 Å². The molecule has 0 aromatic rings. The number of aliphatic imine (C=N–C) groups is 1. The van der Waals surface area contributed by atoms with Crippen LogP contribution in [0.4, 0.5) is 4.79 Å². The van der Waals surface area contributed by atoms with Crippen LogP contribution in [0.3, 0.4) is 0 Å². The molecule has 122 valence electrons. The standard InChI is InChI=1S/C15H30N4O2/c1-14(2,3)21-13(20)19-9-7-15(4,8-10-19)11-18-12(16-5)17-6/h7-11H2,1-6H3,(H2,16,17,18).